The van der Waals surface area contributed by atoms with Crippen molar-refractivity contribution in [2.75, 3.05) is 7.11 Å². The standard InChI is InChI=1S/C17H25NO2/c1-20-17(19)15-11-9-14(10-12-15)13-18-16-7-5-3-2-4-6-8-16/h9-12,16,18H,2-8,13H2,1H3. The summed E-state index contributed by atoms with van der Waals surface area (Å²) >= 11 is 0. The first-order valence-electron chi connectivity index (χ1n) is 7.70. The lowest BCUT2D eigenvalue weighted by Crippen LogP contribution is -2.29. The highest BCUT2D eigenvalue weighted by Crippen LogP contribution is 2.17. The van der Waals surface area contributed by atoms with Crippen molar-refractivity contribution >= 4 is 5.97 Å². The zero-order chi connectivity index (χ0) is 14.2. The van der Waals surface area contributed by atoms with E-state index in [4.69, 9.17) is 4.74 Å². The smallest absolute Gasteiger partial charge is 0.337 e. The molecule has 1 aliphatic carbocycles. The first-order chi connectivity index (χ1) is 9.79. The molecule has 0 unspecified atom stereocenters. The van der Waals surface area contributed by atoms with Crippen LogP contribution in [-0.4, -0.2) is 19.1 Å². The van der Waals surface area contributed by atoms with E-state index < -0.39 is 0 Å². The number of ether oxygens (including phenoxy) is 1. The number of carbonyl (C=O) groups is 1. The third-order valence-electron chi connectivity index (χ3n) is 4.08. The topological polar surface area (TPSA) is 38.3 Å². The van der Waals surface area contributed by atoms with Crippen molar-refractivity contribution < 1.29 is 9.53 Å². The number of benzene rings is 1. The van der Waals surface area contributed by atoms with Crippen LogP contribution in [0.15, 0.2) is 24.3 Å². The molecule has 1 aliphatic rings. The van der Waals surface area contributed by atoms with Crippen molar-refractivity contribution in [3.05, 3.63) is 35.4 Å². The van der Waals surface area contributed by atoms with E-state index in [0.29, 0.717) is 11.6 Å². The number of carbonyl (C=O) groups excluding carboxylic acids is 1. The average Bonchev–Trinajstić information content (AvgIpc) is 2.46. The monoisotopic (exact) mass is 275 g/mol. The Kier molecular flexibility index (Phi) is 6.06. The van der Waals surface area contributed by atoms with Crippen LogP contribution in [0.1, 0.15) is 60.9 Å². The quantitative estimate of drug-likeness (QED) is 0.852. The molecule has 1 aromatic rings. The zero-order valence-corrected chi connectivity index (χ0v) is 12.4. The maximum absolute atomic E-state index is 11.4. The van der Waals surface area contributed by atoms with E-state index in [0.717, 1.165) is 6.54 Å². The summed E-state index contributed by atoms with van der Waals surface area (Å²) in [6.45, 7) is 0.881. The van der Waals surface area contributed by atoms with Crippen molar-refractivity contribution in [1.82, 2.24) is 5.32 Å². The molecule has 20 heavy (non-hydrogen) atoms. The lowest BCUT2D eigenvalue weighted by Gasteiger charge is -2.21. The van der Waals surface area contributed by atoms with Crippen LogP contribution in [0.4, 0.5) is 0 Å². The van der Waals surface area contributed by atoms with Gasteiger partial charge in [0.1, 0.15) is 0 Å². The molecule has 0 bridgehead atoms. The molecule has 3 heteroatoms. The summed E-state index contributed by atoms with van der Waals surface area (Å²) < 4.78 is 4.70. The van der Waals surface area contributed by atoms with E-state index in [1.54, 1.807) is 0 Å². The summed E-state index contributed by atoms with van der Waals surface area (Å²) in [6, 6.07) is 8.32. The van der Waals surface area contributed by atoms with Crippen molar-refractivity contribution in [1.29, 1.82) is 0 Å². The zero-order valence-electron chi connectivity index (χ0n) is 12.4. The molecule has 1 aromatic carbocycles. The third kappa shape index (κ3) is 4.64. The second-order valence-electron chi connectivity index (χ2n) is 5.61. The highest BCUT2D eigenvalue weighted by Gasteiger charge is 2.11. The Labute approximate surface area is 121 Å². The molecule has 0 aromatic heterocycles. The van der Waals surface area contributed by atoms with E-state index in [9.17, 15) is 4.79 Å². The van der Waals surface area contributed by atoms with Gasteiger partial charge in [0, 0.05) is 12.6 Å². The number of esters is 1. The minimum atomic E-state index is -0.274. The Morgan fingerprint density at radius 2 is 1.70 bits per heavy atom. The molecule has 0 saturated heterocycles. The maximum Gasteiger partial charge on any atom is 0.337 e. The number of hydrogen-bond donors (Lipinski definition) is 1. The minimum absolute atomic E-state index is 0.274. The Hall–Kier alpha value is -1.35. The van der Waals surface area contributed by atoms with Gasteiger partial charge in [-0.2, -0.15) is 0 Å². The van der Waals surface area contributed by atoms with E-state index in [2.05, 4.69) is 5.32 Å². The van der Waals surface area contributed by atoms with Crippen LogP contribution in [0.25, 0.3) is 0 Å². The summed E-state index contributed by atoms with van der Waals surface area (Å²) in [4.78, 5) is 11.4. The van der Waals surface area contributed by atoms with Gasteiger partial charge in [-0.25, -0.2) is 4.79 Å². The normalized spacial score (nSPS) is 17.2. The molecule has 2 rings (SSSR count). The van der Waals surface area contributed by atoms with Crippen LogP contribution < -0.4 is 5.32 Å². The number of methoxy groups -OCH3 is 1. The summed E-state index contributed by atoms with van der Waals surface area (Å²) in [5.74, 6) is -0.274. The third-order valence-corrected chi connectivity index (χ3v) is 4.08. The number of rotatable bonds is 4. The summed E-state index contributed by atoms with van der Waals surface area (Å²) in [5.41, 5.74) is 1.84. The van der Waals surface area contributed by atoms with E-state index in [1.165, 1.54) is 57.6 Å². The molecule has 0 atom stereocenters. The van der Waals surface area contributed by atoms with Crippen LogP contribution in [0.3, 0.4) is 0 Å². The maximum atomic E-state index is 11.4. The molecule has 3 nitrogen and oxygen atoms in total. The van der Waals surface area contributed by atoms with E-state index in [-0.39, 0.29) is 5.97 Å². The fourth-order valence-electron chi connectivity index (χ4n) is 2.80. The lowest BCUT2D eigenvalue weighted by atomic mass is 9.96. The van der Waals surface area contributed by atoms with Crippen molar-refractivity contribution in [3.63, 3.8) is 0 Å². The van der Waals surface area contributed by atoms with Gasteiger partial charge in [0.15, 0.2) is 0 Å². The van der Waals surface area contributed by atoms with Crippen LogP contribution in [0.2, 0.25) is 0 Å². The van der Waals surface area contributed by atoms with E-state index in [1.807, 2.05) is 24.3 Å². The molecule has 110 valence electrons. The molecule has 1 saturated carbocycles. The fraction of sp³-hybridized carbons (Fsp3) is 0.588. The van der Waals surface area contributed by atoms with Crippen molar-refractivity contribution in [3.8, 4) is 0 Å². The molecule has 0 radical (unpaired) electrons. The first-order valence-corrected chi connectivity index (χ1v) is 7.70. The van der Waals surface area contributed by atoms with Gasteiger partial charge in [-0.15, -0.1) is 0 Å². The molecule has 0 spiro atoms. The van der Waals surface area contributed by atoms with Crippen LogP contribution in [0, 0.1) is 0 Å². The van der Waals surface area contributed by atoms with Crippen molar-refractivity contribution in [2.24, 2.45) is 0 Å². The molecule has 0 aliphatic heterocycles. The molecular formula is C17H25NO2. The van der Waals surface area contributed by atoms with Crippen LogP contribution in [-0.2, 0) is 11.3 Å². The molecule has 0 amide bonds. The minimum Gasteiger partial charge on any atom is -0.465 e. The van der Waals surface area contributed by atoms with Gasteiger partial charge in [-0.05, 0) is 30.5 Å². The Morgan fingerprint density at radius 1 is 1.10 bits per heavy atom. The highest BCUT2D eigenvalue weighted by molar-refractivity contribution is 5.89. The Morgan fingerprint density at radius 3 is 2.30 bits per heavy atom. The first kappa shape index (κ1) is 15.0. The van der Waals surface area contributed by atoms with Gasteiger partial charge >= 0.3 is 5.97 Å². The molecule has 0 heterocycles. The van der Waals surface area contributed by atoms with E-state index >= 15 is 0 Å². The average molecular weight is 275 g/mol. The number of hydrogen-bond acceptors (Lipinski definition) is 3. The van der Waals surface area contributed by atoms with Gasteiger partial charge in [0.05, 0.1) is 12.7 Å². The van der Waals surface area contributed by atoms with Gasteiger partial charge in [0.2, 0.25) is 0 Å². The van der Waals surface area contributed by atoms with Gasteiger partial charge in [-0.1, -0.05) is 44.2 Å². The van der Waals surface area contributed by atoms with Gasteiger partial charge in [-0.3, -0.25) is 0 Å². The van der Waals surface area contributed by atoms with Crippen LogP contribution in [0.5, 0.6) is 0 Å². The van der Waals surface area contributed by atoms with Gasteiger partial charge in [0.25, 0.3) is 0 Å². The fourth-order valence-corrected chi connectivity index (χ4v) is 2.80. The second-order valence-corrected chi connectivity index (χ2v) is 5.61. The summed E-state index contributed by atoms with van der Waals surface area (Å²) in [5, 5.41) is 3.65. The molecule has 1 N–H and O–H groups in total. The highest BCUT2D eigenvalue weighted by atomic mass is 16.5. The Bertz CT molecular complexity index is 406. The second kappa shape index (κ2) is 8.05. The lowest BCUT2D eigenvalue weighted by molar-refractivity contribution is 0.0600. The molecule has 1 fully saturated rings. The van der Waals surface area contributed by atoms with Crippen molar-refractivity contribution in [2.45, 2.75) is 57.5 Å². The predicted molar refractivity (Wildman–Crippen MR) is 80.7 cm³/mol. The summed E-state index contributed by atoms with van der Waals surface area (Å²) in [7, 11) is 1.41. The SMILES string of the molecule is COC(=O)c1ccc(CNC2CCCCCCC2)cc1. The van der Waals surface area contributed by atoms with Gasteiger partial charge < -0.3 is 10.1 Å². The predicted octanol–water partition coefficient (Wildman–Crippen LogP) is 3.68. The summed E-state index contributed by atoms with van der Waals surface area (Å²) in [6.07, 6.45) is 9.44. The van der Waals surface area contributed by atoms with Crippen LogP contribution >= 0.6 is 0 Å². The Balaban J connectivity index is 1.82. The number of nitrogens with one attached hydrogen (secondary N) is 1. The molecular weight excluding hydrogens is 250 g/mol. The largest absolute Gasteiger partial charge is 0.465 e.